The van der Waals surface area contributed by atoms with Crippen molar-refractivity contribution in [2.24, 2.45) is 11.7 Å². The molecule has 1 aromatic heterocycles. The van der Waals surface area contributed by atoms with Crippen molar-refractivity contribution < 1.29 is 8.42 Å². The summed E-state index contributed by atoms with van der Waals surface area (Å²) in [5, 5.41) is 0.0782. The monoisotopic (exact) mass is 276 g/mol. The van der Waals surface area contributed by atoms with E-state index in [2.05, 4.69) is 9.97 Å². The molecule has 3 N–H and O–H groups in total. The van der Waals surface area contributed by atoms with Crippen molar-refractivity contribution in [3.63, 3.8) is 0 Å². The zero-order valence-electron chi connectivity index (χ0n) is 9.75. The van der Waals surface area contributed by atoms with E-state index in [0.29, 0.717) is 11.5 Å². The maximum Gasteiger partial charge on any atom is 0.260 e. The highest BCUT2D eigenvalue weighted by Gasteiger charge is 2.26. The molecule has 0 aromatic carbocycles. The molecule has 17 heavy (non-hydrogen) atoms. The fourth-order valence-corrected chi connectivity index (χ4v) is 2.82. The van der Waals surface area contributed by atoms with Gasteiger partial charge in [-0.1, -0.05) is 26.1 Å². The zero-order valence-corrected chi connectivity index (χ0v) is 11.4. The van der Waals surface area contributed by atoms with E-state index >= 15 is 0 Å². The molecular weight excluding hydrogens is 260 g/mol. The topological polar surface area (TPSA) is 92.1 Å². The van der Waals surface area contributed by atoms with Crippen LogP contribution in [-0.2, 0) is 10.0 Å². The number of nitrogens with one attached hydrogen (secondary N) is 1. The summed E-state index contributed by atoms with van der Waals surface area (Å²) in [7, 11) is -3.54. The second-order valence-corrected chi connectivity index (χ2v) is 6.05. The van der Waals surface area contributed by atoms with Gasteiger partial charge in [-0.15, -0.1) is 0 Å². The van der Waals surface area contributed by atoms with E-state index in [9.17, 15) is 8.42 Å². The number of nitrogens with zero attached hydrogens (tertiary/aromatic N) is 2. The Morgan fingerprint density at radius 2 is 2.35 bits per heavy atom. The fraction of sp³-hybridized carbons (Fsp3) is 0.556. The Morgan fingerprint density at radius 3 is 2.76 bits per heavy atom. The minimum absolute atomic E-state index is 0.0782. The van der Waals surface area contributed by atoms with E-state index in [1.165, 1.54) is 16.8 Å². The number of aromatic nitrogens is 2. The van der Waals surface area contributed by atoms with Gasteiger partial charge in [0.25, 0.3) is 10.0 Å². The van der Waals surface area contributed by atoms with E-state index in [1.807, 2.05) is 0 Å². The van der Waals surface area contributed by atoms with E-state index < -0.39 is 10.0 Å². The minimum atomic E-state index is -3.54. The molecule has 1 aromatic rings. The fourth-order valence-electron chi connectivity index (χ4n) is 1.32. The Labute approximate surface area is 106 Å². The summed E-state index contributed by atoms with van der Waals surface area (Å²) in [4.78, 5) is 6.61. The lowest BCUT2D eigenvalue weighted by Crippen LogP contribution is -2.38. The number of imidazole rings is 1. The lowest BCUT2D eigenvalue weighted by molar-refractivity contribution is 0.404. The van der Waals surface area contributed by atoms with Gasteiger partial charge < -0.3 is 10.7 Å². The molecule has 0 spiro atoms. The third-order valence-corrected chi connectivity index (χ3v) is 4.68. The first-order valence-electron chi connectivity index (χ1n) is 5.17. The molecule has 0 radical (unpaired) electrons. The van der Waals surface area contributed by atoms with Gasteiger partial charge in [0.1, 0.15) is 0 Å². The van der Waals surface area contributed by atoms with E-state index in [1.54, 1.807) is 13.8 Å². The lowest BCUT2D eigenvalue weighted by atomic mass is 10.2. The van der Waals surface area contributed by atoms with Crippen LogP contribution in [-0.4, -0.2) is 40.8 Å². The zero-order chi connectivity index (χ0) is 13.1. The van der Waals surface area contributed by atoms with Gasteiger partial charge in [0.15, 0.2) is 5.03 Å². The second kappa shape index (κ2) is 5.56. The SMILES string of the molecule is CCN(CC(C)C(N)=S)S(=O)(=O)c1cnc[nH]1. The van der Waals surface area contributed by atoms with Crippen LogP contribution in [0.15, 0.2) is 17.6 Å². The molecule has 0 aliphatic carbocycles. The van der Waals surface area contributed by atoms with Crippen molar-refractivity contribution >= 4 is 27.2 Å². The Bertz CT molecular complexity index is 469. The van der Waals surface area contributed by atoms with Crippen LogP contribution in [0.2, 0.25) is 0 Å². The van der Waals surface area contributed by atoms with Crippen LogP contribution in [0.25, 0.3) is 0 Å². The Hall–Kier alpha value is -0.990. The largest absolute Gasteiger partial charge is 0.393 e. The first kappa shape index (κ1) is 14.1. The van der Waals surface area contributed by atoms with Gasteiger partial charge in [-0.2, -0.15) is 4.31 Å². The summed E-state index contributed by atoms with van der Waals surface area (Å²) in [6.07, 6.45) is 2.61. The molecule has 0 bridgehead atoms. The molecule has 1 heterocycles. The molecular formula is C9H16N4O2S2. The number of hydrogen-bond donors (Lipinski definition) is 2. The number of rotatable bonds is 6. The van der Waals surface area contributed by atoms with Crippen molar-refractivity contribution in [2.45, 2.75) is 18.9 Å². The molecule has 0 amide bonds. The Morgan fingerprint density at radius 1 is 1.71 bits per heavy atom. The molecule has 0 aliphatic heterocycles. The summed E-state index contributed by atoms with van der Waals surface area (Å²) in [5.74, 6) is -0.164. The molecule has 0 aliphatic rings. The number of nitrogens with two attached hydrogens (primary N) is 1. The van der Waals surface area contributed by atoms with E-state index in [0.717, 1.165) is 0 Å². The standard InChI is InChI=1S/C9H16N4O2S2/c1-3-13(5-7(2)9(10)16)17(14,15)8-4-11-6-12-8/h4,6-7H,3,5H2,1-2H3,(H2,10,16)(H,11,12). The molecule has 1 unspecified atom stereocenters. The summed E-state index contributed by atoms with van der Waals surface area (Å²) in [5.41, 5.74) is 5.49. The normalized spacial score (nSPS) is 13.8. The smallest absolute Gasteiger partial charge is 0.260 e. The Kier molecular flexibility index (Phi) is 4.61. The van der Waals surface area contributed by atoms with Gasteiger partial charge in [0.05, 0.1) is 17.5 Å². The van der Waals surface area contributed by atoms with Gasteiger partial charge in [-0.25, -0.2) is 13.4 Å². The number of hydrogen-bond acceptors (Lipinski definition) is 4. The molecule has 96 valence electrons. The third-order valence-electron chi connectivity index (χ3n) is 2.41. The van der Waals surface area contributed by atoms with Crippen LogP contribution < -0.4 is 5.73 Å². The number of aromatic amines is 1. The van der Waals surface area contributed by atoms with Gasteiger partial charge in [-0.05, 0) is 0 Å². The van der Waals surface area contributed by atoms with Crippen molar-refractivity contribution in [1.29, 1.82) is 0 Å². The first-order chi connectivity index (χ1) is 7.89. The van der Waals surface area contributed by atoms with Gasteiger partial charge in [0.2, 0.25) is 0 Å². The highest BCUT2D eigenvalue weighted by atomic mass is 32.2. The highest BCUT2D eigenvalue weighted by Crippen LogP contribution is 2.14. The van der Waals surface area contributed by atoms with Crippen LogP contribution in [0, 0.1) is 5.92 Å². The quantitative estimate of drug-likeness (QED) is 0.731. The predicted octanol–water partition coefficient (Wildman–Crippen LogP) is 0.342. The van der Waals surface area contributed by atoms with Crippen LogP contribution >= 0.6 is 12.2 Å². The number of H-pyrrole nitrogens is 1. The maximum absolute atomic E-state index is 12.2. The maximum atomic E-state index is 12.2. The van der Waals surface area contributed by atoms with Crippen molar-refractivity contribution in [2.75, 3.05) is 13.1 Å². The van der Waals surface area contributed by atoms with Gasteiger partial charge in [-0.3, -0.25) is 0 Å². The van der Waals surface area contributed by atoms with Crippen molar-refractivity contribution in [3.8, 4) is 0 Å². The van der Waals surface area contributed by atoms with Crippen LogP contribution in [0.5, 0.6) is 0 Å². The van der Waals surface area contributed by atoms with E-state index in [-0.39, 0.29) is 17.5 Å². The third kappa shape index (κ3) is 3.24. The number of thiocarbonyl (C=S) groups is 1. The molecule has 0 saturated heterocycles. The lowest BCUT2D eigenvalue weighted by Gasteiger charge is -2.22. The summed E-state index contributed by atoms with van der Waals surface area (Å²) in [6.45, 7) is 4.19. The molecule has 0 fully saturated rings. The summed E-state index contributed by atoms with van der Waals surface area (Å²) < 4.78 is 25.6. The van der Waals surface area contributed by atoms with Gasteiger partial charge in [0, 0.05) is 19.0 Å². The molecule has 8 heteroatoms. The minimum Gasteiger partial charge on any atom is -0.393 e. The van der Waals surface area contributed by atoms with E-state index in [4.69, 9.17) is 18.0 Å². The molecule has 1 rings (SSSR count). The van der Waals surface area contributed by atoms with Gasteiger partial charge >= 0.3 is 0 Å². The molecule has 0 saturated carbocycles. The van der Waals surface area contributed by atoms with Crippen LogP contribution in [0.3, 0.4) is 0 Å². The average Bonchev–Trinajstić information content (AvgIpc) is 2.78. The van der Waals surface area contributed by atoms with Crippen LogP contribution in [0.1, 0.15) is 13.8 Å². The Balaban J connectivity index is 2.92. The summed E-state index contributed by atoms with van der Waals surface area (Å²) >= 11 is 4.84. The van der Waals surface area contributed by atoms with Crippen LogP contribution in [0.4, 0.5) is 0 Å². The average molecular weight is 276 g/mol. The van der Waals surface area contributed by atoms with Crippen molar-refractivity contribution in [1.82, 2.24) is 14.3 Å². The first-order valence-corrected chi connectivity index (χ1v) is 7.02. The molecule has 6 nitrogen and oxygen atoms in total. The molecule has 1 atom stereocenters. The van der Waals surface area contributed by atoms with Crippen molar-refractivity contribution in [3.05, 3.63) is 12.5 Å². The second-order valence-electron chi connectivity index (χ2n) is 3.67. The number of sulfonamides is 1. The highest BCUT2D eigenvalue weighted by molar-refractivity contribution is 7.89. The summed E-state index contributed by atoms with van der Waals surface area (Å²) in [6, 6.07) is 0. The predicted molar refractivity (Wildman–Crippen MR) is 69.0 cm³/mol.